The van der Waals surface area contributed by atoms with Crippen molar-refractivity contribution in [2.75, 3.05) is 38.1 Å². The van der Waals surface area contributed by atoms with Crippen LogP contribution in [0.2, 0.25) is 0 Å². The van der Waals surface area contributed by atoms with Gasteiger partial charge in [-0.2, -0.15) is 0 Å². The number of nitrogens with one attached hydrogen (secondary N) is 1. The lowest BCUT2D eigenvalue weighted by molar-refractivity contribution is -0.118. The van der Waals surface area contributed by atoms with E-state index in [0.717, 1.165) is 11.6 Å². The average Bonchev–Trinajstić information content (AvgIpc) is 2.89. The van der Waals surface area contributed by atoms with Crippen molar-refractivity contribution in [3.05, 3.63) is 83.4 Å². The van der Waals surface area contributed by atoms with Crippen LogP contribution < -0.4 is 10.1 Å². The number of halogens is 2. The van der Waals surface area contributed by atoms with Gasteiger partial charge in [0.15, 0.2) is 0 Å². The van der Waals surface area contributed by atoms with Crippen molar-refractivity contribution >= 4 is 17.5 Å². The molecule has 2 amide bonds. The Morgan fingerprint density at radius 2 is 1.91 bits per heavy atom. The van der Waals surface area contributed by atoms with E-state index < -0.39 is 11.6 Å². The lowest BCUT2D eigenvalue weighted by Gasteiger charge is -2.40. The van der Waals surface area contributed by atoms with Gasteiger partial charge in [0.25, 0.3) is 5.91 Å². The Hall–Kier alpha value is -3.78. The summed E-state index contributed by atoms with van der Waals surface area (Å²) in [6.45, 7) is 3.87. The predicted molar refractivity (Wildman–Crippen MR) is 128 cm³/mol. The summed E-state index contributed by atoms with van der Waals surface area (Å²) in [5.41, 5.74) is 2.81. The zero-order valence-electron chi connectivity index (χ0n) is 19.3. The molecule has 35 heavy (non-hydrogen) atoms. The summed E-state index contributed by atoms with van der Waals surface area (Å²) < 4.78 is 33.7. The van der Waals surface area contributed by atoms with Crippen molar-refractivity contribution in [1.82, 2.24) is 9.80 Å². The summed E-state index contributed by atoms with van der Waals surface area (Å²) in [5, 5.41) is 2.86. The van der Waals surface area contributed by atoms with E-state index >= 15 is 0 Å². The molecule has 1 atom stereocenters. The van der Waals surface area contributed by atoms with Gasteiger partial charge in [0, 0.05) is 36.8 Å². The van der Waals surface area contributed by atoms with E-state index in [2.05, 4.69) is 5.32 Å². The molecule has 3 aromatic carbocycles. The maximum atomic E-state index is 14.3. The molecule has 0 unspecified atom stereocenters. The van der Waals surface area contributed by atoms with Gasteiger partial charge in [-0.25, -0.2) is 8.78 Å². The molecule has 3 aromatic rings. The Labute approximate surface area is 202 Å². The molecule has 6 nitrogen and oxygen atoms in total. The number of fused-ring (bicyclic) bond motifs is 2. The van der Waals surface area contributed by atoms with E-state index in [1.54, 1.807) is 23.1 Å². The number of aryl methyl sites for hydroxylation is 1. The Kier molecular flexibility index (Phi) is 6.21. The molecular weight excluding hydrogens is 452 g/mol. The smallest absolute Gasteiger partial charge is 0.253 e. The van der Waals surface area contributed by atoms with E-state index in [4.69, 9.17) is 4.74 Å². The molecule has 2 aliphatic rings. The van der Waals surface area contributed by atoms with E-state index in [1.165, 1.54) is 12.1 Å². The number of amides is 2. The van der Waals surface area contributed by atoms with Crippen LogP contribution in [-0.4, -0.2) is 60.4 Å². The molecule has 0 spiro atoms. The summed E-state index contributed by atoms with van der Waals surface area (Å²) in [7, 11) is 0. The topological polar surface area (TPSA) is 61.9 Å². The van der Waals surface area contributed by atoms with Crippen LogP contribution in [0.1, 0.15) is 15.9 Å². The normalized spacial score (nSPS) is 18.3. The van der Waals surface area contributed by atoms with Gasteiger partial charge in [-0.15, -0.1) is 0 Å². The number of rotatable bonds is 2. The fraction of sp³-hybridized carbons (Fsp3) is 0.259. The SMILES string of the molecule is Cc1cccc(C(=O)N2CCN3CC(=O)Nc4cc(-c5ccc(F)cc5F)ccc4OC[C@H]3C2)c1. The second kappa shape index (κ2) is 9.46. The summed E-state index contributed by atoms with van der Waals surface area (Å²) in [6.07, 6.45) is 0. The van der Waals surface area contributed by atoms with Crippen molar-refractivity contribution < 1.29 is 23.1 Å². The first kappa shape index (κ1) is 23.0. The van der Waals surface area contributed by atoms with E-state index in [9.17, 15) is 18.4 Å². The second-order valence-electron chi connectivity index (χ2n) is 8.94. The zero-order chi connectivity index (χ0) is 24.5. The van der Waals surface area contributed by atoms with Crippen LogP contribution in [-0.2, 0) is 4.79 Å². The molecule has 0 radical (unpaired) electrons. The highest BCUT2D eigenvalue weighted by Crippen LogP contribution is 2.33. The fourth-order valence-electron chi connectivity index (χ4n) is 4.61. The first-order valence-electron chi connectivity index (χ1n) is 11.5. The second-order valence-corrected chi connectivity index (χ2v) is 8.94. The van der Waals surface area contributed by atoms with Gasteiger partial charge in [-0.1, -0.05) is 23.8 Å². The number of carbonyl (C=O) groups is 2. The summed E-state index contributed by atoms with van der Waals surface area (Å²) >= 11 is 0. The average molecular weight is 478 g/mol. The minimum atomic E-state index is -0.684. The Bertz CT molecular complexity index is 1300. The van der Waals surface area contributed by atoms with Crippen LogP contribution in [0.25, 0.3) is 11.1 Å². The molecule has 8 heteroatoms. The van der Waals surface area contributed by atoms with Crippen molar-refractivity contribution in [2.45, 2.75) is 13.0 Å². The van der Waals surface area contributed by atoms with Crippen molar-refractivity contribution in [3.63, 3.8) is 0 Å². The van der Waals surface area contributed by atoms with E-state index in [1.807, 2.05) is 36.1 Å². The molecular formula is C27H25F2N3O3. The minimum absolute atomic E-state index is 0.0379. The molecule has 5 rings (SSSR count). The molecule has 1 N–H and O–H groups in total. The van der Waals surface area contributed by atoms with Crippen molar-refractivity contribution in [2.24, 2.45) is 0 Å². The number of carbonyl (C=O) groups excluding carboxylic acids is 2. The third-order valence-corrected chi connectivity index (χ3v) is 6.43. The fourth-order valence-corrected chi connectivity index (χ4v) is 4.61. The van der Waals surface area contributed by atoms with Crippen LogP contribution in [0.5, 0.6) is 5.75 Å². The maximum Gasteiger partial charge on any atom is 0.253 e. The number of nitrogens with zero attached hydrogens (tertiary/aromatic N) is 2. The van der Waals surface area contributed by atoms with Crippen LogP contribution >= 0.6 is 0 Å². The van der Waals surface area contributed by atoms with Crippen LogP contribution in [0.4, 0.5) is 14.5 Å². The lowest BCUT2D eigenvalue weighted by atomic mass is 10.0. The standard InChI is InChI=1S/C27H25F2N3O3/c1-17-3-2-4-19(11-17)27(34)32-10-9-31-15-26(33)30-24-12-18(22-7-6-20(28)13-23(22)29)5-8-25(24)35-16-21(31)14-32/h2-8,11-13,21H,9-10,14-16H2,1H3,(H,30,33)/t21-/m1/s1. The lowest BCUT2D eigenvalue weighted by Crippen LogP contribution is -2.57. The first-order chi connectivity index (χ1) is 16.9. The van der Waals surface area contributed by atoms with E-state index in [-0.39, 0.29) is 36.6 Å². The van der Waals surface area contributed by atoms with Crippen LogP contribution in [0.15, 0.2) is 60.7 Å². The highest BCUT2D eigenvalue weighted by molar-refractivity contribution is 5.95. The molecule has 2 heterocycles. The van der Waals surface area contributed by atoms with Gasteiger partial charge in [-0.05, 0) is 48.9 Å². The first-order valence-corrected chi connectivity index (χ1v) is 11.5. The summed E-state index contributed by atoms with van der Waals surface area (Å²) in [6, 6.07) is 15.7. The van der Waals surface area contributed by atoms with Gasteiger partial charge < -0.3 is 15.0 Å². The minimum Gasteiger partial charge on any atom is -0.490 e. The third-order valence-electron chi connectivity index (χ3n) is 6.43. The van der Waals surface area contributed by atoms with Gasteiger partial charge >= 0.3 is 0 Å². The van der Waals surface area contributed by atoms with Crippen molar-refractivity contribution in [3.8, 4) is 16.9 Å². The van der Waals surface area contributed by atoms with Gasteiger partial charge in [-0.3, -0.25) is 14.5 Å². The molecule has 0 aromatic heterocycles. The number of hydrogen-bond acceptors (Lipinski definition) is 4. The molecule has 2 aliphatic heterocycles. The zero-order valence-corrected chi connectivity index (χ0v) is 19.3. The number of ether oxygens (including phenoxy) is 1. The van der Waals surface area contributed by atoms with Gasteiger partial charge in [0.1, 0.15) is 24.0 Å². The maximum absolute atomic E-state index is 14.3. The predicted octanol–water partition coefficient (Wildman–Crippen LogP) is 4.10. The molecule has 0 aliphatic carbocycles. The molecule has 1 saturated heterocycles. The number of hydrogen-bond donors (Lipinski definition) is 1. The highest BCUT2D eigenvalue weighted by atomic mass is 19.1. The Morgan fingerprint density at radius 3 is 2.71 bits per heavy atom. The Balaban J connectivity index is 1.37. The number of anilines is 1. The van der Waals surface area contributed by atoms with Gasteiger partial charge in [0.05, 0.1) is 18.3 Å². The van der Waals surface area contributed by atoms with Crippen molar-refractivity contribution in [1.29, 1.82) is 0 Å². The van der Waals surface area contributed by atoms with E-state index in [0.29, 0.717) is 42.2 Å². The summed E-state index contributed by atoms with van der Waals surface area (Å²) in [5.74, 6) is -1.15. The Morgan fingerprint density at radius 1 is 1.06 bits per heavy atom. The highest BCUT2D eigenvalue weighted by Gasteiger charge is 2.33. The molecule has 1 fully saturated rings. The van der Waals surface area contributed by atoms with Crippen LogP contribution in [0, 0.1) is 18.6 Å². The van der Waals surface area contributed by atoms with Gasteiger partial charge in [0.2, 0.25) is 5.91 Å². The summed E-state index contributed by atoms with van der Waals surface area (Å²) in [4.78, 5) is 29.7. The van der Waals surface area contributed by atoms with Crippen LogP contribution in [0.3, 0.4) is 0 Å². The quantitative estimate of drug-likeness (QED) is 0.604. The molecule has 0 saturated carbocycles. The largest absolute Gasteiger partial charge is 0.490 e. The molecule has 180 valence electrons. The third kappa shape index (κ3) is 4.88. The molecule has 0 bridgehead atoms. The number of benzene rings is 3. The number of piperazine rings is 1. The monoisotopic (exact) mass is 477 g/mol.